The van der Waals surface area contributed by atoms with Crippen molar-refractivity contribution in [3.63, 3.8) is 0 Å². The molecule has 2 fully saturated rings. The Bertz CT molecular complexity index is 224. The molecule has 0 aromatic heterocycles. The molecule has 3 nitrogen and oxygen atoms in total. The molecule has 2 aliphatic rings. The molecule has 0 bridgehead atoms. The molecular weight excluding hydrogens is 190 g/mol. The summed E-state index contributed by atoms with van der Waals surface area (Å²) in [7, 11) is 0. The van der Waals surface area contributed by atoms with Gasteiger partial charge in [0.25, 0.3) is 0 Å². The van der Waals surface area contributed by atoms with Gasteiger partial charge in [-0.25, -0.2) is 0 Å². The number of ether oxygens (including phenoxy) is 1. The second-order valence-corrected chi connectivity index (χ2v) is 4.91. The molecule has 1 saturated carbocycles. The highest BCUT2D eigenvalue weighted by molar-refractivity contribution is 5.83. The third-order valence-corrected chi connectivity index (χ3v) is 3.74. The van der Waals surface area contributed by atoms with Gasteiger partial charge in [-0.15, -0.1) is 0 Å². The van der Waals surface area contributed by atoms with Crippen LogP contribution in [-0.2, 0) is 9.53 Å². The predicted octanol–water partition coefficient (Wildman–Crippen LogP) is 1.50. The van der Waals surface area contributed by atoms with Crippen LogP contribution in [0.25, 0.3) is 0 Å². The van der Waals surface area contributed by atoms with Crippen LogP contribution in [0, 0.1) is 11.8 Å². The molecule has 2 unspecified atom stereocenters. The van der Waals surface area contributed by atoms with Crippen molar-refractivity contribution in [1.29, 1.82) is 0 Å². The summed E-state index contributed by atoms with van der Waals surface area (Å²) in [6, 6.07) is 0.257. The van der Waals surface area contributed by atoms with Gasteiger partial charge in [0.2, 0.25) is 0 Å². The fourth-order valence-electron chi connectivity index (χ4n) is 2.80. The Labute approximate surface area is 91.4 Å². The lowest BCUT2D eigenvalue weighted by Gasteiger charge is -2.30. The molecule has 0 radical (unpaired) electrons. The van der Waals surface area contributed by atoms with Crippen LogP contribution in [0.1, 0.15) is 38.5 Å². The SMILES string of the molecule is NC1CCCC(C(=O)C2CCOCC2)C1. The molecule has 0 spiro atoms. The number of rotatable bonds is 2. The van der Waals surface area contributed by atoms with Crippen molar-refractivity contribution in [1.82, 2.24) is 0 Å². The predicted molar refractivity (Wildman–Crippen MR) is 58.5 cm³/mol. The molecule has 2 rings (SSSR count). The summed E-state index contributed by atoms with van der Waals surface area (Å²) in [6.45, 7) is 1.52. The van der Waals surface area contributed by atoms with Crippen LogP contribution in [0.5, 0.6) is 0 Å². The van der Waals surface area contributed by atoms with Crippen molar-refractivity contribution in [3.8, 4) is 0 Å². The van der Waals surface area contributed by atoms with E-state index >= 15 is 0 Å². The zero-order valence-electron chi connectivity index (χ0n) is 9.28. The topological polar surface area (TPSA) is 52.3 Å². The number of carbonyl (C=O) groups is 1. The van der Waals surface area contributed by atoms with Gasteiger partial charge in [0.05, 0.1) is 0 Å². The van der Waals surface area contributed by atoms with E-state index in [1.807, 2.05) is 0 Å². The van der Waals surface area contributed by atoms with Crippen LogP contribution in [-0.4, -0.2) is 25.0 Å². The van der Waals surface area contributed by atoms with Gasteiger partial charge >= 0.3 is 0 Å². The quantitative estimate of drug-likeness (QED) is 0.753. The molecule has 1 saturated heterocycles. The van der Waals surface area contributed by atoms with E-state index in [9.17, 15) is 4.79 Å². The van der Waals surface area contributed by atoms with E-state index < -0.39 is 0 Å². The minimum atomic E-state index is 0.247. The van der Waals surface area contributed by atoms with E-state index in [4.69, 9.17) is 10.5 Å². The summed E-state index contributed by atoms with van der Waals surface area (Å²) in [5.41, 5.74) is 5.92. The Morgan fingerprint density at radius 3 is 2.47 bits per heavy atom. The Kier molecular flexibility index (Phi) is 3.76. The van der Waals surface area contributed by atoms with E-state index in [0.29, 0.717) is 5.78 Å². The van der Waals surface area contributed by atoms with Gasteiger partial charge in [0, 0.05) is 31.1 Å². The molecule has 0 amide bonds. The van der Waals surface area contributed by atoms with Crippen LogP contribution in [0.3, 0.4) is 0 Å². The van der Waals surface area contributed by atoms with Crippen molar-refractivity contribution in [3.05, 3.63) is 0 Å². The lowest BCUT2D eigenvalue weighted by Crippen LogP contribution is -2.36. The van der Waals surface area contributed by atoms with E-state index in [1.165, 1.54) is 0 Å². The van der Waals surface area contributed by atoms with Crippen molar-refractivity contribution in [2.24, 2.45) is 17.6 Å². The molecular formula is C12H21NO2. The molecule has 2 N–H and O–H groups in total. The van der Waals surface area contributed by atoms with Crippen LogP contribution < -0.4 is 5.73 Å². The first-order valence-corrected chi connectivity index (χ1v) is 6.14. The van der Waals surface area contributed by atoms with Crippen molar-refractivity contribution in [2.75, 3.05) is 13.2 Å². The highest BCUT2D eigenvalue weighted by Crippen LogP contribution is 2.29. The molecule has 15 heavy (non-hydrogen) atoms. The number of nitrogens with two attached hydrogens (primary N) is 1. The summed E-state index contributed by atoms with van der Waals surface area (Å²) in [5.74, 6) is 0.972. The van der Waals surface area contributed by atoms with Crippen LogP contribution >= 0.6 is 0 Å². The normalized spacial score (nSPS) is 33.9. The molecule has 1 aliphatic heterocycles. The van der Waals surface area contributed by atoms with Gasteiger partial charge < -0.3 is 10.5 Å². The fourth-order valence-corrected chi connectivity index (χ4v) is 2.80. The first kappa shape index (κ1) is 11.1. The Hall–Kier alpha value is -0.410. The Morgan fingerprint density at radius 1 is 1.07 bits per heavy atom. The number of ketones is 1. The average Bonchev–Trinajstić information content (AvgIpc) is 2.29. The number of hydrogen-bond donors (Lipinski definition) is 1. The maximum atomic E-state index is 12.2. The van der Waals surface area contributed by atoms with Gasteiger partial charge in [-0.3, -0.25) is 4.79 Å². The van der Waals surface area contributed by atoms with Gasteiger partial charge in [-0.2, -0.15) is 0 Å². The van der Waals surface area contributed by atoms with Crippen LogP contribution in [0.15, 0.2) is 0 Å². The van der Waals surface area contributed by atoms with E-state index in [2.05, 4.69) is 0 Å². The van der Waals surface area contributed by atoms with E-state index in [0.717, 1.165) is 51.7 Å². The molecule has 1 heterocycles. The minimum absolute atomic E-state index is 0.247. The third-order valence-electron chi connectivity index (χ3n) is 3.74. The molecule has 3 heteroatoms. The largest absolute Gasteiger partial charge is 0.381 e. The standard InChI is InChI=1S/C12H21NO2/c13-11-3-1-2-10(8-11)12(14)9-4-6-15-7-5-9/h9-11H,1-8,13H2. The Balaban J connectivity index is 1.88. The van der Waals surface area contributed by atoms with Crippen molar-refractivity contribution >= 4 is 5.78 Å². The first-order valence-electron chi connectivity index (χ1n) is 6.14. The fraction of sp³-hybridized carbons (Fsp3) is 0.917. The van der Waals surface area contributed by atoms with E-state index in [1.54, 1.807) is 0 Å². The highest BCUT2D eigenvalue weighted by Gasteiger charge is 2.31. The molecule has 0 aromatic rings. The maximum absolute atomic E-state index is 12.2. The zero-order chi connectivity index (χ0) is 10.7. The van der Waals surface area contributed by atoms with Gasteiger partial charge in [-0.05, 0) is 32.1 Å². The van der Waals surface area contributed by atoms with E-state index in [-0.39, 0.29) is 17.9 Å². The van der Waals surface area contributed by atoms with Gasteiger partial charge in [-0.1, -0.05) is 6.42 Å². The summed E-state index contributed by atoms with van der Waals surface area (Å²) < 4.78 is 5.28. The lowest BCUT2D eigenvalue weighted by molar-refractivity contribution is -0.130. The second kappa shape index (κ2) is 5.08. The smallest absolute Gasteiger partial charge is 0.139 e. The summed E-state index contributed by atoms with van der Waals surface area (Å²) in [4.78, 5) is 12.2. The van der Waals surface area contributed by atoms with Gasteiger partial charge in [0.15, 0.2) is 0 Å². The monoisotopic (exact) mass is 211 g/mol. The van der Waals surface area contributed by atoms with Crippen molar-refractivity contribution < 1.29 is 9.53 Å². The van der Waals surface area contributed by atoms with Crippen LogP contribution in [0.2, 0.25) is 0 Å². The van der Waals surface area contributed by atoms with Crippen molar-refractivity contribution in [2.45, 2.75) is 44.6 Å². The minimum Gasteiger partial charge on any atom is -0.381 e. The maximum Gasteiger partial charge on any atom is 0.139 e. The lowest BCUT2D eigenvalue weighted by atomic mass is 9.78. The third kappa shape index (κ3) is 2.79. The molecule has 2 atom stereocenters. The summed E-state index contributed by atoms with van der Waals surface area (Å²) in [5, 5.41) is 0. The average molecular weight is 211 g/mol. The second-order valence-electron chi connectivity index (χ2n) is 4.91. The molecule has 86 valence electrons. The number of Topliss-reactive ketones (excluding diaryl/α,β-unsaturated/α-hetero) is 1. The number of hydrogen-bond acceptors (Lipinski definition) is 3. The van der Waals surface area contributed by atoms with Crippen LogP contribution in [0.4, 0.5) is 0 Å². The summed E-state index contributed by atoms with van der Waals surface area (Å²) >= 11 is 0. The molecule has 0 aromatic carbocycles. The summed E-state index contributed by atoms with van der Waals surface area (Å²) in [6.07, 6.45) is 6.04. The zero-order valence-corrected chi connectivity index (χ0v) is 9.28. The highest BCUT2D eigenvalue weighted by atomic mass is 16.5. The Morgan fingerprint density at radius 2 is 1.80 bits per heavy atom. The molecule has 1 aliphatic carbocycles. The first-order chi connectivity index (χ1) is 7.27. The number of carbonyl (C=O) groups excluding carboxylic acids is 1. The van der Waals surface area contributed by atoms with Gasteiger partial charge in [0.1, 0.15) is 5.78 Å².